The molecule has 2 aromatic rings. The molecule has 1 aromatic heterocycles. The molecule has 5 nitrogen and oxygen atoms in total. The van der Waals surface area contributed by atoms with Gasteiger partial charge in [-0.05, 0) is 38.1 Å². The Balaban J connectivity index is 1.70. The molecule has 3 rings (SSSR count). The number of likely N-dealkylation sites (tertiary alicyclic amines) is 1. The topological polar surface area (TPSA) is 67.3 Å². The Kier molecular flexibility index (Phi) is 3.29. The van der Waals surface area contributed by atoms with Crippen LogP contribution >= 0.6 is 0 Å². The van der Waals surface area contributed by atoms with Gasteiger partial charge in [0.2, 0.25) is 0 Å². The minimum absolute atomic E-state index is 0.566. The van der Waals surface area contributed by atoms with E-state index in [1.165, 1.54) is 19.4 Å². The fourth-order valence-corrected chi connectivity index (χ4v) is 2.79. The molecule has 1 aliphatic rings. The van der Waals surface area contributed by atoms with Crippen LogP contribution in [0, 0.1) is 0 Å². The number of hydrogen-bond acceptors (Lipinski definition) is 5. The number of rotatable bonds is 4. The molecule has 0 spiro atoms. The number of anilines is 2. The van der Waals surface area contributed by atoms with Crippen LogP contribution in [0.2, 0.25) is 0 Å². The van der Waals surface area contributed by atoms with Crippen molar-refractivity contribution in [2.24, 2.45) is 0 Å². The summed E-state index contributed by atoms with van der Waals surface area (Å²) in [5, 5.41) is 3.29. The number of nitrogens with two attached hydrogens (primary N) is 1. The number of likely N-dealkylation sites (N-methyl/N-ethyl adjacent to an activating group) is 1. The van der Waals surface area contributed by atoms with E-state index in [-0.39, 0.29) is 0 Å². The molecular weight excluding hydrogens is 240 g/mol. The molecule has 5 heteroatoms. The number of nitrogen functional groups attached to an aromatic ring is 1. The molecule has 1 saturated heterocycles. The first-order valence-corrected chi connectivity index (χ1v) is 6.91. The summed E-state index contributed by atoms with van der Waals surface area (Å²) in [5.41, 5.74) is 8.01. The van der Waals surface area contributed by atoms with E-state index >= 15 is 0 Å². The summed E-state index contributed by atoms with van der Waals surface area (Å²) < 4.78 is 5.66. The highest BCUT2D eigenvalue weighted by Crippen LogP contribution is 2.24. The third-order valence-corrected chi connectivity index (χ3v) is 3.84. The smallest absolute Gasteiger partial charge is 0.295 e. The van der Waals surface area contributed by atoms with Crippen LogP contribution in [0.4, 0.5) is 11.7 Å². The van der Waals surface area contributed by atoms with E-state index in [0.29, 0.717) is 17.7 Å². The SMILES string of the molecule is CCN1CCCC1CNc1nc2c(N)cccc2o1. The monoisotopic (exact) mass is 260 g/mol. The van der Waals surface area contributed by atoms with Gasteiger partial charge in [-0.3, -0.25) is 4.90 Å². The van der Waals surface area contributed by atoms with Crippen LogP contribution < -0.4 is 11.1 Å². The first kappa shape index (κ1) is 12.3. The third-order valence-electron chi connectivity index (χ3n) is 3.84. The van der Waals surface area contributed by atoms with Crippen molar-refractivity contribution in [2.45, 2.75) is 25.8 Å². The normalized spacial score (nSPS) is 20.2. The van der Waals surface area contributed by atoms with Gasteiger partial charge in [0.05, 0.1) is 5.69 Å². The predicted octanol–water partition coefficient (Wildman–Crippen LogP) is 2.31. The van der Waals surface area contributed by atoms with Crippen LogP contribution in [0.15, 0.2) is 22.6 Å². The summed E-state index contributed by atoms with van der Waals surface area (Å²) in [6.45, 7) is 5.38. The summed E-state index contributed by atoms with van der Waals surface area (Å²) >= 11 is 0. The largest absolute Gasteiger partial charge is 0.423 e. The average Bonchev–Trinajstić information content (AvgIpc) is 3.02. The Labute approximate surface area is 112 Å². The zero-order valence-electron chi connectivity index (χ0n) is 11.2. The van der Waals surface area contributed by atoms with Crippen LogP contribution in [0.5, 0.6) is 0 Å². The van der Waals surface area contributed by atoms with Crippen molar-refractivity contribution in [3.05, 3.63) is 18.2 Å². The van der Waals surface area contributed by atoms with Gasteiger partial charge in [0.1, 0.15) is 5.52 Å². The fraction of sp³-hybridized carbons (Fsp3) is 0.500. The van der Waals surface area contributed by atoms with Crippen molar-refractivity contribution in [1.29, 1.82) is 0 Å². The summed E-state index contributed by atoms with van der Waals surface area (Å²) in [4.78, 5) is 6.89. The van der Waals surface area contributed by atoms with Gasteiger partial charge < -0.3 is 15.5 Å². The molecule has 2 heterocycles. The van der Waals surface area contributed by atoms with E-state index in [1.54, 1.807) is 0 Å². The van der Waals surface area contributed by atoms with Gasteiger partial charge in [-0.15, -0.1) is 0 Å². The van der Waals surface area contributed by atoms with Gasteiger partial charge in [0.25, 0.3) is 6.01 Å². The highest BCUT2D eigenvalue weighted by Gasteiger charge is 2.23. The van der Waals surface area contributed by atoms with Crippen LogP contribution in [-0.4, -0.2) is 35.6 Å². The van der Waals surface area contributed by atoms with Crippen molar-refractivity contribution < 1.29 is 4.42 Å². The van der Waals surface area contributed by atoms with Crippen LogP contribution in [0.3, 0.4) is 0 Å². The zero-order valence-corrected chi connectivity index (χ0v) is 11.2. The lowest BCUT2D eigenvalue weighted by Gasteiger charge is -2.22. The number of aromatic nitrogens is 1. The summed E-state index contributed by atoms with van der Waals surface area (Å²) in [5.74, 6) is 0. The van der Waals surface area contributed by atoms with Gasteiger partial charge in [-0.1, -0.05) is 13.0 Å². The highest BCUT2D eigenvalue weighted by molar-refractivity contribution is 5.86. The predicted molar refractivity (Wildman–Crippen MR) is 77.2 cm³/mol. The number of oxazole rings is 1. The van der Waals surface area contributed by atoms with E-state index in [4.69, 9.17) is 10.2 Å². The Morgan fingerprint density at radius 2 is 2.42 bits per heavy atom. The van der Waals surface area contributed by atoms with Crippen LogP contribution in [-0.2, 0) is 0 Å². The lowest BCUT2D eigenvalue weighted by atomic mass is 10.2. The van der Waals surface area contributed by atoms with Crippen LogP contribution in [0.25, 0.3) is 11.1 Å². The Bertz CT molecular complexity index is 566. The molecule has 1 atom stereocenters. The number of fused-ring (bicyclic) bond motifs is 1. The molecule has 1 fully saturated rings. The summed E-state index contributed by atoms with van der Waals surface area (Å²) in [7, 11) is 0. The minimum atomic E-state index is 0.566. The molecule has 102 valence electrons. The fourth-order valence-electron chi connectivity index (χ4n) is 2.79. The Hall–Kier alpha value is -1.75. The van der Waals surface area contributed by atoms with Crippen molar-refractivity contribution in [3.8, 4) is 0 Å². The minimum Gasteiger partial charge on any atom is -0.423 e. The number of nitrogens with zero attached hydrogens (tertiary/aromatic N) is 2. The second-order valence-corrected chi connectivity index (χ2v) is 5.02. The summed E-state index contributed by atoms with van der Waals surface area (Å²) in [6.07, 6.45) is 2.52. The van der Waals surface area contributed by atoms with Gasteiger partial charge in [-0.2, -0.15) is 4.98 Å². The maximum Gasteiger partial charge on any atom is 0.295 e. The number of nitrogens with one attached hydrogen (secondary N) is 1. The lowest BCUT2D eigenvalue weighted by Crippen LogP contribution is -2.34. The lowest BCUT2D eigenvalue weighted by molar-refractivity contribution is 0.276. The average molecular weight is 260 g/mol. The molecule has 19 heavy (non-hydrogen) atoms. The second kappa shape index (κ2) is 5.09. The highest BCUT2D eigenvalue weighted by atomic mass is 16.4. The maximum atomic E-state index is 5.87. The summed E-state index contributed by atoms with van der Waals surface area (Å²) in [6, 6.07) is 6.75. The van der Waals surface area contributed by atoms with E-state index in [2.05, 4.69) is 22.1 Å². The Morgan fingerprint density at radius 1 is 1.53 bits per heavy atom. The maximum absolute atomic E-state index is 5.87. The molecule has 1 aromatic carbocycles. The van der Waals surface area contributed by atoms with E-state index < -0.39 is 0 Å². The van der Waals surface area contributed by atoms with Crippen molar-refractivity contribution in [3.63, 3.8) is 0 Å². The molecule has 3 N–H and O–H groups in total. The third kappa shape index (κ3) is 2.38. The van der Waals surface area contributed by atoms with Gasteiger partial charge in [0.15, 0.2) is 5.58 Å². The first-order chi connectivity index (χ1) is 9.28. The second-order valence-electron chi connectivity index (χ2n) is 5.02. The van der Waals surface area contributed by atoms with Crippen molar-refractivity contribution in [2.75, 3.05) is 30.7 Å². The van der Waals surface area contributed by atoms with E-state index in [9.17, 15) is 0 Å². The quantitative estimate of drug-likeness (QED) is 0.826. The molecule has 0 amide bonds. The first-order valence-electron chi connectivity index (χ1n) is 6.91. The molecular formula is C14H20N4O. The molecule has 0 radical (unpaired) electrons. The van der Waals surface area contributed by atoms with Crippen molar-refractivity contribution >= 4 is 22.8 Å². The number of para-hydroxylation sites is 1. The molecule has 1 unspecified atom stereocenters. The molecule has 0 bridgehead atoms. The van der Waals surface area contributed by atoms with Gasteiger partial charge >= 0.3 is 0 Å². The van der Waals surface area contributed by atoms with E-state index in [0.717, 1.165) is 24.2 Å². The Morgan fingerprint density at radius 3 is 3.21 bits per heavy atom. The zero-order chi connectivity index (χ0) is 13.2. The van der Waals surface area contributed by atoms with Crippen LogP contribution in [0.1, 0.15) is 19.8 Å². The van der Waals surface area contributed by atoms with Gasteiger partial charge in [0, 0.05) is 12.6 Å². The van der Waals surface area contributed by atoms with Gasteiger partial charge in [-0.25, -0.2) is 0 Å². The molecule has 0 saturated carbocycles. The molecule has 1 aliphatic heterocycles. The standard InChI is InChI=1S/C14H20N4O/c1-2-18-8-4-5-10(18)9-16-14-17-13-11(15)6-3-7-12(13)19-14/h3,6-7,10H,2,4-5,8-9,15H2,1H3,(H,16,17). The van der Waals surface area contributed by atoms with E-state index in [1.807, 2.05) is 18.2 Å². The molecule has 0 aliphatic carbocycles. The number of benzene rings is 1. The van der Waals surface area contributed by atoms with Crippen molar-refractivity contribution in [1.82, 2.24) is 9.88 Å². The number of hydrogen-bond donors (Lipinski definition) is 2.